The molecule has 2 N–H and O–H groups in total. The number of ether oxygens (including phenoxy) is 1. The average Bonchev–Trinajstić information content (AvgIpc) is 2.46. The summed E-state index contributed by atoms with van der Waals surface area (Å²) in [5.41, 5.74) is 1.32. The molecule has 0 aliphatic carbocycles. The van der Waals surface area contributed by atoms with E-state index in [0.29, 0.717) is 18.2 Å². The molecular formula is C15H13NO4. The summed E-state index contributed by atoms with van der Waals surface area (Å²) in [6, 6.07) is 14.5. The minimum Gasteiger partial charge on any atom is -0.502 e. The zero-order valence-electron chi connectivity index (χ0n) is 10.6. The molecule has 1 aromatic heterocycles. The van der Waals surface area contributed by atoms with Gasteiger partial charge < -0.3 is 14.9 Å². The maximum atomic E-state index is 10.5. The highest BCUT2D eigenvalue weighted by molar-refractivity contribution is 5.88. The lowest BCUT2D eigenvalue weighted by atomic mass is 10.2. The maximum Gasteiger partial charge on any atom is 0.371 e. The Kier molecular flexibility index (Phi) is 4.34. The minimum absolute atomic E-state index is 0.315. The third kappa shape index (κ3) is 3.84. The second kappa shape index (κ2) is 6.38. The van der Waals surface area contributed by atoms with E-state index in [4.69, 9.17) is 14.9 Å². The van der Waals surface area contributed by atoms with Gasteiger partial charge in [0.05, 0.1) is 5.69 Å². The molecule has 2 rings (SSSR count). The van der Waals surface area contributed by atoms with Crippen molar-refractivity contribution in [3.05, 3.63) is 65.5 Å². The van der Waals surface area contributed by atoms with Gasteiger partial charge >= 0.3 is 5.97 Å². The number of aliphatic hydroxyl groups excluding tert-OH is 1. The summed E-state index contributed by atoms with van der Waals surface area (Å²) in [6.45, 7) is 0.367. The molecule has 0 spiro atoms. The molecule has 102 valence electrons. The number of aromatic nitrogens is 1. The fourth-order valence-electron chi connectivity index (χ4n) is 1.52. The predicted molar refractivity (Wildman–Crippen MR) is 73.3 cm³/mol. The number of carbonyl (C=O) groups is 1. The van der Waals surface area contributed by atoms with E-state index < -0.39 is 11.7 Å². The van der Waals surface area contributed by atoms with Crippen molar-refractivity contribution in [3.63, 3.8) is 0 Å². The molecule has 0 unspecified atom stereocenters. The van der Waals surface area contributed by atoms with Crippen LogP contribution in [0.15, 0.2) is 54.3 Å². The quantitative estimate of drug-likeness (QED) is 0.645. The van der Waals surface area contributed by atoms with Gasteiger partial charge in [-0.15, -0.1) is 0 Å². The molecule has 5 nitrogen and oxygen atoms in total. The highest BCUT2D eigenvalue weighted by Gasteiger charge is 2.05. The predicted octanol–water partition coefficient (Wildman–Crippen LogP) is 2.64. The smallest absolute Gasteiger partial charge is 0.371 e. The van der Waals surface area contributed by atoms with Crippen molar-refractivity contribution in [2.24, 2.45) is 0 Å². The van der Waals surface area contributed by atoms with Crippen molar-refractivity contribution >= 4 is 12.0 Å². The first-order chi connectivity index (χ1) is 9.65. The van der Waals surface area contributed by atoms with Crippen LogP contribution in [-0.2, 0) is 11.4 Å². The highest BCUT2D eigenvalue weighted by Crippen LogP contribution is 2.12. The largest absolute Gasteiger partial charge is 0.502 e. The van der Waals surface area contributed by atoms with Crippen LogP contribution in [0.1, 0.15) is 11.3 Å². The molecule has 2 aromatic rings. The summed E-state index contributed by atoms with van der Waals surface area (Å²) in [6.07, 6.45) is 1.07. The van der Waals surface area contributed by atoms with Crippen LogP contribution in [0.4, 0.5) is 0 Å². The standard InChI is InChI=1S/C15H13NO4/c17-13(15(18)19)9-12-7-4-8-14(16-12)20-10-11-5-2-1-3-6-11/h1-9,17H,10H2,(H,18,19)/b13-9-. The van der Waals surface area contributed by atoms with Crippen LogP contribution >= 0.6 is 0 Å². The lowest BCUT2D eigenvalue weighted by Crippen LogP contribution is -2.00. The molecule has 0 aliphatic rings. The van der Waals surface area contributed by atoms with Gasteiger partial charge in [0.15, 0.2) is 0 Å². The number of benzene rings is 1. The number of carboxylic acid groups (broad SMARTS) is 1. The Bertz CT molecular complexity index is 623. The number of nitrogens with zero attached hydrogens (tertiary/aromatic N) is 1. The summed E-state index contributed by atoms with van der Waals surface area (Å²) in [4.78, 5) is 14.6. The van der Waals surface area contributed by atoms with Gasteiger partial charge in [0.25, 0.3) is 0 Å². The Balaban J connectivity index is 2.07. The summed E-state index contributed by atoms with van der Waals surface area (Å²) in [5.74, 6) is -1.80. The maximum absolute atomic E-state index is 10.5. The van der Waals surface area contributed by atoms with E-state index in [1.165, 1.54) is 0 Å². The van der Waals surface area contributed by atoms with Crippen molar-refractivity contribution in [1.29, 1.82) is 0 Å². The Morgan fingerprint density at radius 2 is 1.85 bits per heavy atom. The van der Waals surface area contributed by atoms with Crippen molar-refractivity contribution < 1.29 is 19.7 Å². The molecule has 0 saturated carbocycles. The Morgan fingerprint density at radius 3 is 2.55 bits per heavy atom. The van der Waals surface area contributed by atoms with Crippen LogP contribution in [0, 0.1) is 0 Å². The van der Waals surface area contributed by atoms with Gasteiger partial charge in [0.1, 0.15) is 6.61 Å². The van der Waals surface area contributed by atoms with Crippen molar-refractivity contribution in [3.8, 4) is 5.88 Å². The Morgan fingerprint density at radius 1 is 1.10 bits per heavy atom. The van der Waals surface area contributed by atoms with E-state index in [0.717, 1.165) is 11.6 Å². The molecular weight excluding hydrogens is 258 g/mol. The fraction of sp³-hybridized carbons (Fsp3) is 0.0667. The van der Waals surface area contributed by atoms with Crippen LogP contribution in [-0.4, -0.2) is 21.2 Å². The number of rotatable bonds is 5. The summed E-state index contributed by atoms with van der Waals surface area (Å²) >= 11 is 0. The van der Waals surface area contributed by atoms with Crippen LogP contribution in [0.25, 0.3) is 6.08 Å². The summed E-state index contributed by atoms with van der Waals surface area (Å²) < 4.78 is 5.51. The third-order valence-corrected chi connectivity index (χ3v) is 2.48. The monoisotopic (exact) mass is 271 g/mol. The van der Waals surface area contributed by atoms with E-state index in [2.05, 4.69) is 4.98 Å². The van der Waals surface area contributed by atoms with E-state index >= 15 is 0 Å². The lowest BCUT2D eigenvalue weighted by Gasteiger charge is -2.05. The number of aliphatic hydroxyl groups is 1. The fourth-order valence-corrected chi connectivity index (χ4v) is 1.52. The molecule has 0 saturated heterocycles. The van der Waals surface area contributed by atoms with E-state index in [1.807, 2.05) is 30.3 Å². The molecule has 1 aromatic carbocycles. The van der Waals surface area contributed by atoms with Crippen LogP contribution in [0.5, 0.6) is 5.88 Å². The minimum atomic E-state index is -1.40. The zero-order chi connectivity index (χ0) is 14.4. The van der Waals surface area contributed by atoms with Crippen LogP contribution in [0.3, 0.4) is 0 Å². The van der Waals surface area contributed by atoms with Gasteiger partial charge in [-0.3, -0.25) is 0 Å². The molecule has 20 heavy (non-hydrogen) atoms. The molecule has 1 heterocycles. The van der Waals surface area contributed by atoms with E-state index in [9.17, 15) is 4.79 Å². The SMILES string of the molecule is O=C(O)/C(O)=C/c1cccc(OCc2ccccc2)n1. The van der Waals surface area contributed by atoms with Gasteiger partial charge in [-0.05, 0) is 11.6 Å². The van der Waals surface area contributed by atoms with Crippen molar-refractivity contribution in [1.82, 2.24) is 4.98 Å². The zero-order valence-corrected chi connectivity index (χ0v) is 10.6. The summed E-state index contributed by atoms with van der Waals surface area (Å²) in [7, 11) is 0. The number of aliphatic carboxylic acids is 1. The normalized spacial score (nSPS) is 11.1. The number of carboxylic acids is 1. The first-order valence-electron chi connectivity index (χ1n) is 5.93. The van der Waals surface area contributed by atoms with Gasteiger partial charge in [0, 0.05) is 12.1 Å². The molecule has 0 bridgehead atoms. The Labute approximate surface area is 115 Å². The van der Waals surface area contributed by atoms with Crippen molar-refractivity contribution in [2.45, 2.75) is 6.61 Å². The summed E-state index contributed by atoms with van der Waals surface area (Å²) in [5, 5.41) is 17.7. The topological polar surface area (TPSA) is 79.7 Å². The second-order valence-electron chi connectivity index (χ2n) is 4.01. The first kappa shape index (κ1) is 13.6. The molecule has 0 fully saturated rings. The third-order valence-electron chi connectivity index (χ3n) is 2.48. The molecule has 0 aliphatic heterocycles. The van der Waals surface area contributed by atoms with Gasteiger partial charge in [0.2, 0.25) is 11.6 Å². The average molecular weight is 271 g/mol. The van der Waals surface area contributed by atoms with Gasteiger partial charge in [-0.1, -0.05) is 36.4 Å². The lowest BCUT2D eigenvalue weighted by molar-refractivity contribution is -0.135. The van der Waals surface area contributed by atoms with E-state index in [-0.39, 0.29) is 0 Å². The molecule has 0 atom stereocenters. The van der Waals surface area contributed by atoms with Gasteiger partial charge in [-0.2, -0.15) is 0 Å². The number of pyridine rings is 1. The number of hydrogen-bond donors (Lipinski definition) is 2. The molecule has 0 radical (unpaired) electrons. The molecule has 0 amide bonds. The van der Waals surface area contributed by atoms with Gasteiger partial charge in [-0.25, -0.2) is 9.78 Å². The van der Waals surface area contributed by atoms with E-state index in [1.54, 1.807) is 18.2 Å². The molecule has 5 heteroatoms. The first-order valence-corrected chi connectivity index (χ1v) is 5.93. The van der Waals surface area contributed by atoms with Crippen LogP contribution < -0.4 is 4.74 Å². The number of hydrogen-bond acceptors (Lipinski definition) is 4. The second-order valence-corrected chi connectivity index (χ2v) is 4.01. The highest BCUT2D eigenvalue weighted by atomic mass is 16.5. The van der Waals surface area contributed by atoms with Crippen molar-refractivity contribution in [2.75, 3.05) is 0 Å². The Hall–Kier alpha value is -2.82. The van der Waals surface area contributed by atoms with Crippen LogP contribution in [0.2, 0.25) is 0 Å².